The van der Waals surface area contributed by atoms with E-state index in [4.69, 9.17) is 15.2 Å². The first-order valence-electron chi connectivity index (χ1n) is 6.87. The van der Waals surface area contributed by atoms with Gasteiger partial charge in [0, 0.05) is 26.3 Å². The fourth-order valence-electron chi connectivity index (χ4n) is 2.91. The fourth-order valence-corrected chi connectivity index (χ4v) is 2.91. The minimum atomic E-state index is 0.0407. The van der Waals surface area contributed by atoms with Gasteiger partial charge in [0.15, 0.2) is 0 Å². The molecule has 0 aromatic carbocycles. The number of hydrogen-bond donors (Lipinski definition) is 1. The van der Waals surface area contributed by atoms with E-state index in [2.05, 4.69) is 11.9 Å². The zero-order valence-corrected chi connectivity index (χ0v) is 11.0. The van der Waals surface area contributed by atoms with Gasteiger partial charge < -0.3 is 15.2 Å². The third-order valence-corrected chi connectivity index (χ3v) is 4.24. The molecule has 0 radical (unpaired) electrons. The van der Waals surface area contributed by atoms with Gasteiger partial charge in [-0.05, 0) is 39.2 Å². The standard InChI is InChI=1S/C13H26N2O2/c1-15(9-12-5-2-3-8-17-12)13(10-14)6-4-7-16-11-13/h12H,2-11,14H2,1H3. The van der Waals surface area contributed by atoms with Crippen molar-refractivity contribution in [1.82, 2.24) is 4.90 Å². The van der Waals surface area contributed by atoms with Gasteiger partial charge in [-0.3, -0.25) is 4.90 Å². The van der Waals surface area contributed by atoms with Crippen LogP contribution < -0.4 is 5.73 Å². The minimum absolute atomic E-state index is 0.0407. The van der Waals surface area contributed by atoms with E-state index in [-0.39, 0.29) is 5.54 Å². The second kappa shape index (κ2) is 6.14. The van der Waals surface area contributed by atoms with Crippen molar-refractivity contribution in [2.75, 3.05) is 40.0 Å². The molecule has 2 unspecified atom stereocenters. The van der Waals surface area contributed by atoms with E-state index in [9.17, 15) is 0 Å². The minimum Gasteiger partial charge on any atom is -0.379 e. The normalized spacial score (nSPS) is 35.1. The lowest BCUT2D eigenvalue weighted by molar-refractivity contribution is -0.0666. The topological polar surface area (TPSA) is 47.7 Å². The summed E-state index contributed by atoms with van der Waals surface area (Å²) in [5.41, 5.74) is 6.02. The molecule has 2 fully saturated rings. The average Bonchev–Trinajstić information content (AvgIpc) is 2.40. The first-order chi connectivity index (χ1) is 8.27. The first kappa shape index (κ1) is 13.3. The molecule has 2 rings (SSSR count). The first-order valence-corrected chi connectivity index (χ1v) is 6.87. The second-order valence-corrected chi connectivity index (χ2v) is 5.45. The Balaban J connectivity index is 1.89. The Morgan fingerprint density at radius 3 is 2.76 bits per heavy atom. The Kier molecular flexibility index (Phi) is 4.79. The molecule has 0 bridgehead atoms. The zero-order chi connectivity index (χ0) is 12.1. The van der Waals surface area contributed by atoms with Crippen molar-refractivity contribution in [1.29, 1.82) is 0 Å². The highest BCUT2D eigenvalue weighted by molar-refractivity contribution is 4.93. The van der Waals surface area contributed by atoms with Gasteiger partial charge in [-0.1, -0.05) is 0 Å². The highest BCUT2D eigenvalue weighted by Gasteiger charge is 2.36. The molecule has 2 aliphatic rings. The number of hydrogen-bond acceptors (Lipinski definition) is 4. The molecule has 0 saturated carbocycles. The molecule has 2 aliphatic heterocycles. The van der Waals surface area contributed by atoms with Gasteiger partial charge in [0.1, 0.15) is 0 Å². The Hall–Kier alpha value is -0.160. The van der Waals surface area contributed by atoms with Crippen LogP contribution in [0.2, 0.25) is 0 Å². The maximum atomic E-state index is 5.98. The van der Waals surface area contributed by atoms with Gasteiger partial charge in [-0.15, -0.1) is 0 Å². The fraction of sp³-hybridized carbons (Fsp3) is 1.00. The Bertz CT molecular complexity index is 223. The van der Waals surface area contributed by atoms with Crippen LogP contribution in [0, 0.1) is 0 Å². The maximum absolute atomic E-state index is 5.98. The highest BCUT2D eigenvalue weighted by atomic mass is 16.5. The third kappa shape index (κ3) is 3.19. The molecule has 2 saturated heterocycles. The van der Waals surface area contributed by atoms with E-state index in [0.717, 1.165) is 39.2 Å². The van der Waals surface area contributed by atoms with E-state index in [0.29, 0.717) is 12.6 Å². The van der Waals surface area contributed by atoms with Crippen LogP contribution in [0.25, 0.3) is 0 Å². The molecule has 0 aromatic heterocycles. The summed E-state index contributed by atoms with van der Waals surface area (Å²) in [5.74, 6) is 0. The maximum Gasteiger partial charge on any atom is 0.0702 e. The van der Waals surface area contributed by atoms with Crippen molar-refractivity contribution in [3.63, 3.8) is 0 Å². The van der Waals surface area contributed by atoms with Crippen LogP contribution in [0.4, 0.5) is 0 Å². The lowest BCUT2D eigenvalue weighted by Crippen LogP contribution is -2.59. The van der Waals surface area contributed by atoms with Gasteiger partial charge in [-0.25, -0.2) is 0 Å². The lowest BCUT2D eigenvalue weighted by Gasteiger charge is -2.45. The smallest absolute Gasteiger partial charge is 0.0702 e. The summed E-state index contributed by atoms with van der Waals surface area (Å²) in [6.45, 7) is 4.24. The van der Waals surface area contributed by atoms with E-state index in [1.165, 1.54) is 19.3 Å². The molecular weight excluding hydrogens is 216 g/mol. The third-order valence-electron chi connectivity index (χ3n) is 4.24. The zero-order valence-electron chi connectivity index (χ0n) is 11.0. The van der Waals surface area contributed by atoms with E-state index < -0.39 is 0 Å². The predicted molar refractivity (Wildman–Crippen MR) is 68.1 cm³/mol. The van der Waals surface area contributed by atoms with Crippen molar-refractivity contribution in [2.45, 2.75) is 43.7 Å². The Morgan fingerprint density at radius 1 is 1.29 bits per heavy atom. The number of likely N-dealkylation sites (N-methyl/N-ethyl adjacent to an activating group) is 1. The average molecular weight is 242 g/mol. The predicted octanol–water partition coefficient (Wildman–Crippen LogP) is 0.995. The van der Waals surface area contributed by atoms with Crippen LogP contribution in [-0.2, 0) is 9.47 Å². The molecule has 2 heterocycles. The van der Waals surface area contributed by atoms with E-state index >= 15 is 0 Å². The largest absolute Gasteiger partial charge is 0.379 e. The molecule has 0 spiro atoms. The summed E-state index contributed by atoms with van der Waals surface area (Å²) in [6.07, 6.45) is 6.35. The molecular formula is C13H26N2O2. The van der Waals surface area contributed by atoms with Crippen molar-refractivity contribution in [2.24, 2.45) is 5.73 Å². The summed E-state index contributed by atoms with van der Waals surface area (Å²) in [5, 5.41) is 0. The van der Waals surface area contributed by atoms with Crippen molar-refractivity contribution < 1.29 is 9.47 Å². The van der Waals surface area contributed by atoms with E-state index in [1.807, 2.05) is 0 Å². The number of ether oxygens (including phenoxy) is 2. The quantitative estimate of drug-likeness (QED) is 0.799. The van der Waals surface area contributed by atoms with Gasteiger partial charge in [0.2, 0.25) is 0 Å². The molecule has 4 heteroatoms. The summed E-state index contributed by atoms with van der Waals surface area (Å²) >= 11 is 0. The van der Waals surface area contributed by atoms with Crippen molar-refractivity contribution in [3.8, 4) is 0 Å². The number of nitrogens with two attached hydrogens (primary N) is 1. The monoisotopic (exact) mass is 242 g/mol. The molecule has 0 amide bonds. The molecule has 2 N–H and O–H groups in total. The Labute approximate surface area is 104 Å². The van der Waals surface area contributed by atoms with Crippen molar-refractivity contribution >= 4 is 0 Å². The van der Waals surface area contributed by atoms with Crippen LogP contribution in [0.3, 0.4) is 0 Å². The summed E-state index contributed by atoms with van der Waals surface area (Å²) in [7, 11) is 2.17. The number of rotatable bonds is 4. The summed E-state index contributed by atoms with van der Waals surface area (Å²) < 4.78 is 11.4. The van der Waals surface area contributed by atoms with E-state index in [1.54, 1.807) is 0 Å². The molecule has 4 nitrogen and oxygen atoms in total. The van der Waals surface area contributed by atoms with Crippen LogP contribution in [0.15, 0.2) is 0 Å². The molecule has 0 aliphatic carbocycles. The van der Waals surface area contributed by atoms with Gasteiger partial charge >= 0.3 is 0 Å². The van der Waals surface area contributed by atoms with Crippen LogP contribution in [-0.4, -0.2) is 56.5 Å². The van der Waals surface area contributed by atoms with Gasteiger partial charge in [0.05, 0.1) is 18.2 Å². The van der Waals surface area contributed by atoms with Crippen molar-refractivity contribution in [3.05, 3.63) is 0 Å². The number of nitrogens with zero attached hydrogens (tertiary/aromatic N) is 1. The second-order valence-electron chi connectivity index (χ2n) is 5.45. The Morgan fingerprint density at radius 2 is 2.18 bits per heavy atom. The molecule has 0 aromatic rings. The lowest BCUT2D eigenvalue weighted by atomic mass is 9.90. The van der Waals surface area contributed by atoms with Gasteiger partial charge in [0.25, 0.3) is 0 Å². The van der Waals surface area contributed by atoms with Crippen LogP contribution in [0.5, 0.6) is 0 Å². The molecule has 100 valence electrons. The van der Waals surface area contributed by atoms with Gasteiger partial charge in [-0.2, -0.15) is 0 Å². The highest BCUT2D eigenvalue weighted by Crippen LogP contribution is 2.25. The van der Waals surface area contributed by atoms with Crippen LogP contribution in [0.1, 0.15) is 32.1 Å². The SMILES string of the molecule is CN(CC1CCCCO1)C1(CN)CCCOC1. The summed E-state index contributed by atoms with van der Waals surface area (Å²) in [4.78, 5) is 2.38. The summed E-state index contributed by atoms with van der Waals surface area (Å²) in [6, 6.07) is 0. The molecule has 2 atom stereocenters. The molecule has 17 heavy (non-hydrogen) atoms. The van der Waals surface area contributed by atoms with Crippen LogP contribution >= 0.6 is 0 Å².